The number of benzene rings is 6. The third-order valence-electron chi connectivity index (χ3n) is 9.40. The molecule has 0 N–H and O–H groups in total. The van der Waals surface area contributed by atoms with Gasteiger partial charge in [-0.1, -0.05) is 84.9 Å². The van der Waals surface area contributed by atoms with Gasteiger partial charge in [-0.05, 0) is 65.5 Å². The first-order valence-electron chi connectivity index (χ1n) is 15.6. The molecule has 10 aromatic rings. The molecule has 0 amide bonds. The zero-order valence-electron chi connectivity index (χ0n) is 24.8. The summed E-state index contributed by atoms with van der Waals surface area (Å²) in [7, 11) is 0. The molecule has 0 saturated heterocycles. The van der Waals surface area contributed by atoms with E-state index in [1.54, 1.807) is 0 Å². The summed E-state index contributed by atoms with van der Waals surface area (Å²) in [6.45, 7) is 0. The second-order valence-electron chi connectivity index (χ2n) is 11.9. The molecule has 6 aromatic carbocycles. The van der Waals surface area contributed by atoms with E-state index in [0.29, 0.717) is 0 Å². The summed E-state index contributed by atoms with van der Waals surface area (Å²) in [5, 5.41) is 8.35. The summed E-state index contributed by atoms with van der Waals surface area (Å²) in [5.41, 5.74) is 10.1. The Morgan fingerprint density at radius 2 is 0.978 bits per heavy atom. The standard InChI is InChI=1S/C42H26N4/c1-5-15-38-31(11-1)32-12-2-6-16-39(32)45(38)29-19-20-35-37(24-29)36(27-10-9-21-43-25-27)23-28-22-30(26-44-42(28)35)46-40-17-7-3-13-33(40)34-14-4-8-18-41(34)46/h1-26H. The maximum absolute atomic E-state index is 5.16. The fraction of sp³-hybridized carbons (Fsp3) is 0. The summed E-state index contributed by atoms with van der Waals surface area (Å²) in [5.74, 6) is 0. The first-order chi connectivity index (χ1) is 22.8. The molecule has 0 aliphatic carbocycles. The Morgan fingerprint density at radius 3 is 1.54 bits per heavy atom. The van der Waals surface area contributed by atoms with Crippen LogP contribution >= 0.6 is 0 Å². The highest BCUT2D eigenvalue weighted by Gasteiger charge is 2.17. The Morgan fingerprint density at radius 1 is 0.413 bits per heavy atom. The van der Waals surface area contributed by atoms with Crippen LogP contribution in [-0.2, 0) is 0 Å². The van der Waals surface area contributed by atoms with Gasteiger partial charge in [-0.2, -0.15) is 0 Å². The number of rotatable bonds is 3. The van der Waals surface area contributed by atoms with E-state index in [2.05, 4.69) is 148 Å². The van der Waals surface area contributed by atoms with Crippen LogP contribution in [0.5, 0.6) is 0 Å². The molecular formula is C42H26N4. The van der Waals surface area contributed by atoms with Gasteiger partial charge in [0.1, 0.15) is 0 Å². The summed E-state index contributed by atoms with van der Waals surface area (Å²) < 4.78 is 4.70. The monoisotopic (exact) mass is 586 g/mol. The highest BCUT2D eigenvalue weighted by Crippen LogP contribution is 2.39. The minimum absolute atomic E-state index is 0.987. The van der Waals surface area contributed by atoms with Crippen LogP contribution in [0.3, 0.4) is 0 Å². The lowest BCUT2D eigenvalue weighted by Gasteiger charge is -2.15. The summed E-state index contributed by atoms with van der Waals surface area (Å²) in [6.07, 6.45) is 5.81. The van der Waals surface area contributed by atoms with E-state index in [4.69, 9.17) is 4.98 Å². The number of hydrogen-bond donors (Lipinski definition) is 0. The Bertz CT molecular complexity index is 2700. The molecule has 214 valence electrons. The van der Waals surface area contributed by atoms with Gasteiger partial charge in [0.05, 0.1) is 39.5 Å². The quantitative estimate of drug-likeness (QED) is 0.193. The highest BCUT2D eigenvalue weighted by atomic mass is 15.0. The molecule has 4 nitrogen and oxygen atoms in total. The molecule has 0 aliphatic heterocycles. The van der Waals surface area contributed by atoms with Crippen LogP contribution in [0.15, 0.2) is 158 Å². The van der Waals surface area contributed by atoms with Gasteiger partial charge in [-0.3, -0.25) is 9.97 Å². The van der Waals surface area contributed by atoms with Crippen LogP contribution in [0, 0.1) is 0 Å². The number of nitrogens with zero attached hydrogens (tertiary/aromatic N) is 4. The second-order valence-corrected chi connectivity index (χ2v) is 11.9. The molecule has 0 bridgehead atoms. The third-order valence-corrected chi connectivity index (χ3v) is 9.40. The Hall–Kier alpha value is -6.26. The predicted octanol–water partition coefficient (Wildman–Crippen LogP) is 10.6. The largest absolute Gasteiger partial charge is 0.309 e. The third kappa shape index (κ3) is 3.55. The van der Waals surface area contributed by atoms with Gasteiger partial charge in [0, 0.05) is 56.0 Å². The minimum Gasteiger partial charge on any atom is -0.309 e. The van der Waals surface area contributed by atoms with Crippen molar-refractivity contribution < 1.29 is 0 Å². The first-order valence-corrected chi connectivity index (χ1v) is 15.6. The highest BCUT2D eigenvalue weighted by molar-refractivity contribution is 6.15. The molecule has 4 aromatic heterocycles. The lowest BCUT2D eigenvalue weighted by molar-refractivity contribution is 1.16. The van der Waals surface area contributed by atoms with Crippen LogP contribution in [-0.4, -0.2) is 19.1 Å². The van der Waals surface area contributed by atoms with Crippen LogP contribution < -0.4 is 0 Å². The smallest absolute Gasteiger partial charge is 0.0782 e. The zero-order chi connectivity index (χ0) is 30.2. The molecule has 4 heterocycles. The fourth-order valence-corrected chi connectivity index (χ4v) is 7.42. The molecule has 0 aliphatic rings. The molecule has 4 heteroatoms. The molecule has 0 spiro atoms. The number of pyridine rings is 2. The molecule has 46 heavy (non-hydrogen) atoms. The number of hydrogen-bond acceptors (Lipinski definition) is 2. The maximum Gasteiger partial charge on any atom is 0.0782 e. The second kappa shape index (κ2) is 9.62. The van der Waals surface area contributed by atoms with Gasteiger partial charge in [-0.15, -0.1) is 0 Å². The Kier molecular flexibility index (Phi) is 5.25. The van der Waals surface area contributed by atoms with Gasteiger partial charge in [0.15, 0.2) is 0 Å². The van der Waals surface area contributed by atoms with Crippen molar-refractivity contribution >= 4 is 65.3 Å². The van der Waals surface area contributed by atoms with Crippen LogP contribution in [0.1, 0.15) is 0 Å². The topological polar surface area (TPSA) is 35.6 Å². The predicted molar refractivity (Wildman–Crippen MR) is 191 cm³/mol. The van der Waals surface area contributed by atoms with Crippen LogP contribution in [0.4, 0.5) is 0 Å². The zero-order valence-corrected chi connectivity index (χ0v) is 24.8. The van der Waals surface area contributed by atoms with E-state index >= 15 is 0 Å². The van der Waals surface area contributed by atoms with Gasteiger partial charge >= 0.3 is 0 Å². The molecule has 0 atom stereocenters. The van der Waals surface area contributed by atoms with Crippen molar-refractivity contribution in [3.05, 3.63) is 158 Å². The normalized spacial score (nSPS) is 11.9. The fourth-order valence-electron chi connectivity index (χ4n) is 7.42. The van der Waals surface area contributed by atoms with E-state index in [0.717, 1.165) is 44.2 Å². The van der Waals surface area contributed by atoms with Crippen LogP contribution in [0.2, 0.25) is 0 Å². The molecule has 0 unspecified atom stereocenters. The van der Waals surface area contributed by atoms with Gasteiger partial charge in [-0.25, -0.2) is 0 Å². The molecular weight excluding hydrogens is 560 g/mol. The average Bonchev–Trinajstić information content (AvgIpc) is 3.64. The Labute approximate surface area is 264 Å². The van der Waals surface area contributed by atoms with Crippen molar-refractivity contribution in [1.82, 2.24) is 19.1 Å². The summed E-state index contributed by atoms with van der Waals surface area (Å²) in [6, 6.07) is 50.0. The van der Waals surface area contributed by atoms with Gasteiger partial charge < -0.3 is 9.13 Å². The molecule has 0 saturated carbocycles. The number of aromatic nitrogens is 4. The van der Waals surface area contributed by atoms with Crippen LogP contribution in [0.25, 0.3) is 87.8 Å². The summed E-state index contributed by atoms with van der Waals surface area (Å²) >= 11 is 0. The first kappa shape index (κ1) is 25.1. The van der Waals surface area contributed by atoms with E-state index < -0.39 is 0 Å². The lowest BCUT2D eigenvalue weighted by atomic mass is 9.95. The van der Waals surface area contributed by atoms with Crippen molar-refractivity contribution in [2.24, 2.45) is 0 Å². The molecule has 0 radical (unpaired) electrons. The van der Waals surface area contributed by atoms with Crippen molar-refractivity contribution in [3.63, 3.8) is 0 Å². The number of fused-ring (bicyclic) bond motifs is 9. The van der Waals surface area contributed by atoms with E-state index in [9.17, 15) is 0 Å². The van der Waals surface area contributed by atoms with E-state index in [1.807, 2.05) is 24.7 Å². The average molecular weight is 587 g/mol. The lowest BCUT2D eigenvalue weighted by Crippen LogP contribution is -1.97. The molecule has 0 fully saturated rings. The SMILES string of the molecule is c1cncc(-c2cc3cc(-n4c5ccccc5c5ccccc54)cnc3c3ccc(-n4c5ccccc5c5ccccc54)cc23)c1. The van der Waals surface area contributed by atoms with Crippen molar-refractivity contribution in [3.8, 4) is 22.5 Å². The molecule has 10 rings (SSSR count). The van der Waals surface area contributed by atoms with E-state index in [-0.39, 0.29) is 0 Å². The maximum atomic E-state index is 5.16. The summed E-state index contributed by atoms with van der Waals surface area (Å²) in [4.78, 5) is 9.67. The van der Waals surface area contributed by atoms with Crippen molar-refractivity contribution in [1.29, 1.82) is 0 Å². The van der Waals surface area contributed by atoms with Gasteiger partial charge in [0.2, 0.25) is 0 Å². The number of para-hydroxylation sites is 4. The Balaban J connectivity index is 1.26. The van der Waals surface area contributed by atoms with Crippen molar-refractivity contribution in [2.75, 3.05) is 0 Å². The van der Waals surface area contributed by atoms with E-state index in [1.165, 1.54) is 43.6 Å². The van der Waals surface area contributed by atoms with Gasteiger partial charge in [0.25, 0.3) is 0 Å². The van der Waals surface area contributed by atoms with Crippen molar-refractivity contribution in [2.45, 2.75) is 0 Å². The minimum atomic E-state index is 0.987.